The molecule has 1 aliphatic heterocycles. The first-order valence-electron chi connectivity index (χ1n) is 8.02. The third-order valence-electron chi connectivity index (χ3n) is 4.23. The van der Waals surface area contributed by atoms with Crippen LogP contribution in [0.1, 0.15) is 29.6 Å². The predicted molar refractivity (Wildman–Crippen MR) is 91.6 cm³/mol. The summed E-state index contributed by atoms with van der Waals surface area (Å²) in [5.41, 5.74) is 2.11. The molecular weight excluding hydrogens is 312 g/mol. The van der Waals surface area contributed by atoms with Crippen molar-refractivity contribution < 1.29 is 4.79 Å². The molecule has 1 unspecified atom stereocenters. The van der Waals surface area contributed by atoms with E-state index < -0.39 is 0 Å². The highest BCUT2D eigenvalue weighted by Gasteiger charge is 2.17. The zero-order valence-corrected chi connectivity index (χ0v) is 13.7. The van der Waals surface area contributed by atoms with Gasteiger partial charge in [0.05, 0.1) is 17.5 Å². The average Bonchev–Trinajstić information content (AvgIpc) is 3.05. The van der Waals surface area contributed by atoms with Gasteiger partial charge in [0.25, 0.3) is 5.91 Å². The van der Waals surface area contributed by atoms with Gasteiger partial charge in [0.15, 0.2) is 0 Å². The lowest BCUT2D eigenvalue weighted by Crippen LogP contribution is -2.33. The minimum absolute atomic E-state index is 0.0995. The molecule has 6 heteroatoms. The Morgan fingerprint density at radius 3 is 3.13 bits per heavy atom. The zero-order valence-electron chi connectivity index (χ0n) is 12.9. The topological polar surface area (TPSA) is 69.8 Å². The van der Waals surface area contributed by atoms with E-state index in [1.54, 1.807) is 12.3 Å². The number of rotatable bonds is 5. The molecule has 2 heterocycles. The van der Waals surface area contributed by atoms with Crippen LogP contribution in [0.25, 0.3) is 11.3 Å². The Kier molecular flexibility index (Phi) is 5.31. The standard InChI is InChI=1S/C17H21ClN4O/c18-14-5-1-4-13(9-14)16-15(11-21-22-16)17(23)20-8-6-12-3-2-7-19-10-12/h1,4-5,9,11-12,19H,2-3,6-8,10H2,(H,20,23)(H,21,22). The van der Waals surface area contributed by atoms with Crippen LogP contribution < -0.4 is 10.6 Å². The highest BCUT2D eigenvalue weighted by atomic mass is 35.5. The van der Waals surface area contributed by atoms with E-state index in [9.17, 15) is 4.79 Å². The van der Waals surface area contributed by atoms with Gasteiger partial charge in [-0.2, -0.15) is 5.10 Å². The Morgan fingerprint density at radius 1 is 1.43 bits per heavy atom. The van der Waals surface area contributed by atoms with Crippen LogP contribution in [0.15, 0.2) is 30.5 Å². The second kappa shape index (κ2) is 7.62. The molecule has 0 aliphatic carbocycles. The summed E-state index contributed by atoms with van der Waals surface area (Å²) in [6, 6.07) is 7.39. The number of halogens is 1. The summed E-state index contributed by atoms with van der Waals surface area (Å²) < 4.78 is 0. The molecule has 2 aromatic rings. The highest BCUT2D eigenvalue weighted by molar-refractivity contribution is 6.30. The fourth-order valence-corrected chi connectivity index (χ4v) is 3.17. The number of aromatic nitrogens is 2. The van der Waals surface area contributed by atoms with Crippen molar-refractivity contribution >= 4 is 17.5 Å². The van der Waals surface area contributed by atoms with Crippen molar-refractivity contribution in [3.8, 4) is 11.3 Å². The Balaban J connectivity index is 1.61. The van der Waals surface area contributed by atoms with Gasteiger partial charge in [0, 0.05) is 17.1 Å². The van der Waals surface area contributed by atoms with Gasteiger partial charge in [0.1, 0.15) is 0 Å². The minimum atomic E-state index is -0.0995. The van der Waals surface area contributed by atoms with E-state index in [2.05, 4.69) is 20.8 Å². The lowest BCUT2D eigenvalue weighted by Gasteiger charge is -2.22. The molecule has 1 saturated heterocycles. The summed E-state index contributed by atoms with van der Waals surface area (Å²) >= 11 is 6.02. The maximum absolute atomic E-state index is 12.4. The van der Waals surface area contributed by atoms with Crippen LogP contribution in [-0.4, -0.2) is 35.7 Å². The maximum atomic E-state index is 12.4. The summed E-state index contributed by atoms with van der Waals surface area (Å²) in [6.07, 6.45) is 5.03. The van der Waals surface area contributed by atoms with E-state index in [-0.39, 0.29) is 5.91 Å². The molecule has 1 fully saturated rings. The molecule has 1 aromatic carbocycles. The second-order valence-electron chi connectivity index (χ2n) is 5.93. The Bertz CT molecular complexity index is 664. The molecule has 0 bridgehead atoms. The van der Waals surface area contributed by atoms with E-state index in [1.165, 1.54) is 12.8 Å². The van der Waals surface area contributed by atoms with Crippen LogP contribution in [0.3, 0.4) is 0 Å². The lowest BCUT2D eigenvalue weighted by molar-refractivity contribution is 0.0951. The number of hydrogen-bond donors (Lipinski definition) is 3. The molecular formula is C17H21ClN4O. The van der Waals surface area contributed by atoms with Gasteiger partial charge < -0.3 is 10.6 Å². The van der Waals surface area contributed by atoms with Gasteiger partial charge in [-0.3, -0.25) is 9.89 Å². The quantitative estimate of drug-likeness (QED) is 0.788. The monoisotopic (exact) mass is 332 g/mol. The largest absolute Gasteiger partial charge is 0.352 e. The number of piperidine rings is 1. The van der Waals surface area contributed by atoms with E-state index >= 15 is 0 Å². The van der Waals surface area contributed by atoms with Crippen LogP contribution in [-0.2, 0) is 0 Å². The number of carbonyl (C=O) groups is 1. The van der Waals surface area contributed by atoms with Crippen LogP contribution in [0.4, 0.5) is 0 Å². The van der Waals surface area contributed by atoms with Gasteiger partial charge in [-0.15, -0.1) is 0 Å². The number of benzene rings is 1. The van der Waals surface area contributed by atoms with Crippen LogP contribution in [0.5, 0.6) is 0 Å². The average molecular weight is 333 g/mol. The van der Waals surface area contributed by atoms with E-state index in [0.29, 0.717) is 28.7 Å². The van der Waals surface area contributed by atoms with Gasteiger partial charge in [-0.1, -0.05) is 23.7 Å². The van der Waals surface area contributed by atoms with Crippen molar-refractivity contribution in [2.75, 3.05) is 19.6 Å². The molecule has 0 saturated carbocycles. The number of amides is 1. The van der Waals surface area contributed by atoms with Crippen molar-refractivity contribution in [1.29, 1.82) is 0 Å². The van der Waals surface area contributed by atoms with E-state index in [0.717, 1.165) is 25.1 Å². The van der Waals surface area contributed by atoms with Crippen molar-refractivity contribution in [2.24, 2.45) is 5.92 Å². The maximum Gasteiger partial charge on any atom is 0.255 e. The summed E-state index contributed by atoms with van der Waals surface area (Å²) in [5, 5.41) is 13.9. The van der Waals surface area contributed by atoms with Crippen LogP contribution in [0, 0.1) is 5.92 Å². The molecule has 0 radical (unpaired) electrons. The predicted octanol–water partition coefficient (Wildman–Crippen LogP) is 2.85. The number of hydrogen-bond acceptors (Lipinski definition) is 3. The summed E-state index contributed by atoms with van der Waals surface area (Å²) in [5.74, 6) is 0.554. The molecule has 122 valence electrons. The fraction of sp³-hybridized carbons (Fsp3) is 0.412. The van der Waals surface area contributed by atoms with Crippen molar-refractivity contribution in [3.63, 3.8) is 0 Å². The molecule has 23 heavy (non-hydrogen) atoms. The van der Waals surface area contributed by atoms with E-state index in [1.807, 2.05) is 18.2 Å². The van der Waals surface area contributed by atoms with Gasteiger partial charge in [-0.05, 0) is 50.4 Å². The Morgan fingerprint density at radius 2 is 2.35 bits per heavy atom. The zero-order chi connectivity index (χ0) is 16.1. The minimum Gasteiger partial charge on any atom is -0.352 e. The SMILES string of the molecule is O=C(NCCC1CCCNC1)c1cn[nH]c1-c1cccc(Cl)c1. The number of nitrogens with one attached hydrogen (secondary N) is 3. The molecule has 1 atom stereocenters. The van der Waals surface area contributed by atoms with Crippen LogP contribution in [0.2, 0.25) is 5.02 Å². The molecule has 3 N–H and O–H groups in total. The first-order valence-corrected chi connectivity index (χ1v) is 8.40. The molecule has 1 aliphatic rings. The third-order valence-corrected chi connectivity index (χ3v) is 4.47. The fourth-order valence-electron chi connectivity index (χ4n) is 2.98. The lowest BCUT2D eigenvalue weighted by atomic mass is 9.96. The Labute approximate surface area is 140 Å². The summed E-state index contributed by atoms with van der Waals surface area (Å²) in [4.78, 5) is 12.4. The van der Waals surface area contributed by atoms with Gasteiger partial charge in [0.2, 0.25) is 0 Å². The normalized spacial score (nSPS) is 17.9. The molecule has 1 amide bonds. The van der Waals surface area contributed by atoms with Crippen LogP contribution >= 0.6 is 11.6 Å². The van der Waals surface area contributed by atoms with Crippen molar-refractivity contribution in [3.05, 3.63) is 41.0 Å². The van der Waals surface area contributed by atoms with E-state index in [4.69, 9.17) is 11.6 Å². The molecule has 3 rings (SSSR count). The molecule has 1 aromatic heterocycles. The smallest absolute Gasteiger partial charge is 0.255 e. The van der Waals surface area contributed by atoms with Crippen molar-refractivity contribution in [1.82, 2.24) is 20.8 Å². The number of aromatic amines is 1. The first-order chi connectivity index (χ1) is 11.2. The summed E-state index contributed by atoms with van der Waals surface area (Å²) in [7, 11) is 0. The first kappa shape index (κ1) is 16.0. The third kappa shape index (κ3) is 4.12. The summed E-state index contributed by atoms with van der Waals surface area (Å²) in [6.45, 7) is 2.85. The molecule has 5 nitrogen and oxygen atoms in total. The van der Waals surface area contributed by atoms with Crippen molar-refractivity contribution in [2.45, 2.75) is 19.3 Å². The van der Waals surface area contributed by atoms with Gasteiger partial charge >= 0.3 is 0 Å². The Hall–Kier alpha value is -1.85. The highest BCUT2D eigenvalue weighted by Crippen LogP contribution is 2.24. The second-order valence-corrected chi connectivity index (χ2v) is 6.36. The van der Waals surface area contributed by atoms with Gasteiger partial charge in [-0.25, -0.2) is 0 Å². The molecule has 0 spiro atoms. The number of H-pyrrole nitrogens is 1. The number of carbonyl (C=O) groups excluding carboxylic acids is 1. The number of nitrogens with zero attached hydrogens (tertiary/aromatic N) is 1.